The van der Waals surface area contributed by atoms with Gasteiger partial charge in [0.25, 0.3) is 10.0 Å². The zero-order valence-electron chi connectivity index (χ0n) is 15.5. The van der Waals surface area contributed by atoms with Gasteiger partial charge in [-0.3, -0.25) is 4.68 Å². The molecule has 0 aliphatic heterocycles. The second-order valence-electron chi connectivity index (χ2n) is 6.88. The maximum Gasteiger partial charge on any atom is 0.284 e. The molecule has 5 aromatic rings. The van der Waals surface area contributed by atoms with Crippen LogP contribution in [-0.2, 0) is 17.1 Å². The van der Waals surface area contributed by atoms with E-state index in [1.807, 2.05) is 19.1 Å². The van der Waals surface area contributed by atoms with E-state index < -0.39 is 15.8 Å². The van der Waals surface area contributed by atoms with Crippen molar-refractivity contribution in [3.05, 3.63) is 66.2 Å². The number of hydrogen-bond donors (Lipinski definition) is 0. The van der Waals surface area contributed by atoms with Crippen LogP contribution in [0.2, 0.25) is 0 Å². The molecule has 5 rings (SSSR count). The Morgan fingerprint density at radius 1 is 1.07 bits per heavy atom. The molecule has 0 radical (unpaired) electrons. The van der Waals surface area contributed by atoms with Crippen molar-refractivity contribution < 1.29 is 12.8 Å². The van der Waals surface area contributed by atoms with Crippen LogP contribution in [0, 0.1) is 12.7 Å². The third kappa shape index (κ3) is 2.85. The number of aromatic nitrogens is 4. The summed E-state index contributed by atoms with van der Waals surface area (Å²) in [5, 5.41) is 9.58. The van der Waals surface area contributed by atoms with E-state index in [0.29, 0.717) is 26.7 Å². The fourth-order valence-corrected chi connectivity index (χ4v) is 5.85. The van der Waals surface area contributed by atoms with Crippen molar-refractivity contribution in [2.75, 3.05) is 0 Å². The van der Waals surface area contributed by atoms with Crippen LogP contribution in [-0.4, -0.2) is 27.4 Å². The van der Waals surface area contributed by atoms with Gasteiger partial charge in [0.1, 0.15) is 10.3 Å². The lowest BCUT2D eigenvalue weighted by Crippen LogP contribution is -2.13. The summed E-state index contributed by atoms with van der Waals surface area (Å²) in [4.78, 5) is 1.42. The van der Waals surface area contributed by atoms with Gasteiger partial charge < -0.3 is 0 Å². The van der Waals surface area contributed by atoms with E-state index in [2.05, 4.69) is 10.2 Å². The lowest BCUT2D eigenvalue weighted by atomic mass is 10.1. The summed E-state index contributed by atoms with van der Waals surface area (Å²) in [6.07, 6.45) is 3.26. The average Bonchev–Trinajstić information content (AvgIpc) is 3.35. The van der Waals surface area contributed by atoms with Crippen LogP contribution in [0.25, 0.3) is 31.6 Å². The number of aryl methyl sites for hydroxylation is 2. The standard InChI is InChI=1S/C20H15FN4O2S2/c1-12-3-5-16(6-4-12)29(26,27)25-20-14(10-22-25)9-18(28-20)13-7-15-11-24(2)23-19(15)17(21)8-13/h3-11H,1-2H3. The number of rotatable bonds is 3. The largest absolute Gasteiger partial charge is 0.284 e. The lowest BCUT2D eigenvalue weighted by molar-refractivity contribution is 0.582. The first-order valence-electron chi connectivity index (χ1n) is 8.76. The number of halogens is 1. The van der Waals surface area contributed by atoms with Crippen LogP contribution in [0.1, 0.15) is 5.56 Å². The van der Waals surface area contributed by atoms with Crippen LogP contribution in [0.3, 0.4) is 0 Å². The maximum absolute atomic E-state index is 14.5. The Bertz CT molecular complexity index is 1500. The fraction of sp³-hybridized carbons (Fsp3) is 0.100. The van der Waals surface area contributed by atoms with Crippen LogP contribution in [0.4, 0.5) is 4.39 Å². The molecule has 0 saturated heterocycles. The van der Waals surface area contributed by atoms with E-state index in [0.717, 1.165) is 14.5 Å². The second kappa shape index (κ2) is 6.23. The summed E-state index contributed by atoms with van der Waals surface area (Å²) in [7, 11) is -2.08. The average molecular weight is 426 g/mol. The normalized spacial score (nSPS) is 12.2. The topological polar surface area (TPSA) is 69.8 Å². The third-order valence-corrected chi connectivity index (χ3v) is 7.61. The monoisotopic (exact) mass is 426 g/mol. The van der Waals surface area contributed by atoms with Gasteiger partial charge in [-0.25, -0.2) is 4.39 Å². The van der Waals surface area contributed by atoms with Crippen molar-refractivity contribution in [3.63, 3.8) is 0 Å². The Morgan fingerprint density at radius 3 is 2.59 bits per heavy atom. The summed E-state index contributed by atoms with van der Waals surface area (Å²) < 4.78 is 43.1. The van der Waals surface area contributed by atoms with Gasteiger partial charge in [-0.15, -0.1) is 15.4 Å². The molecule has 2 aromatic carbocycles. The van der Waals surface area contributed by atoms with Gasteiger partial charge in [-0.1, -0.05) is 17.7 Å². The van der Waals surface area contributed by atoms with Gasteiger partial charge in [0.15, 0.2) is 5.82 Å². The smallest absolute Gasteiger partial charge is 0.274 e. The molecule has 0 spiro atoms. The highest BCUT2D eigenvalue weighted by molar-refractivity contribution is 7.90. The molecule has 0 N–H and O–H groups in total. The van der Waals surface area contributed by atoms with Crippen LogP contribution >= 0.6 is 11.3 Å². The summed E-state index contributed by atoms with van der Waals surface area (Å²) in [5.74, 6) is -0.413. The SMILES string of the molecule is Cc1ccc(S(=O)(=O)n2ncc3cc(-c4cc(F)c5nn(C)cc5c4)sc32)cc1. The van der Waals surface area contributed by atoms with E-state index in [4.69, 9.17) is 0 Å². The van der Waals surface area contributed by atoms with E-state index in [-0.39, 0.29) is 4.90 Å². The maximum atomic E-state index is 14.5. The molecule has 0 fully saturated rings. The van der Waals surface area contributed by atoms with E-state index >= 15 is 0 Å². The Morgan fingerprint density at radius 2 is 1.83 bits per heavy atom. The molecule has 29 heavy (non-hydrogen) atoms. The molecule has 3 aromatic heterocycles. The van der Waals surface area contributed by atoms with Gasteiger partial charge in [0, 0.05) is 28.9 Å². The summed E-state index contributed by atoms with van der Waals surface area (Å²) >= 11 is 1.26. The zero-order valence-corrected chi connectivity index (χ0v) is 17.1. The number of thiophene rings is 1. The Kier molecular flexibility index (Phi) is 3.87. The summed E-state index contributed by atoms with van der Waals surface area (Å²) in [5.41, 5.74) is 1.95. The minimum absolute atomic E-state index is 0.172. The van der Waals surface area contributed by atoms with Crippen molar-refractivity contribution >= 4 is 42.5 Å². The number of benzene rings is 2. The highest BCUT2D eigenvalue weighted by atomic mass is 32.2. The molecule has 0 atom stereocenters. The number of fused-ring (bicyclic) bond motifs is 2. The molecule has 0 saturated carbocycles. The summed E-state index contributed by atoms with van der Waals surface area (Å²) in [6.45, 7) is 1.90. The quantitative estimate of drug-likeness (QED) is 0.430. The first kappa shape index (κ1) is 18.0. The predicted octanol–water partition coefficient (Wildman–Crippen LogP) is 4.34. The van der Waals surface area contributed by atoms with Gasteiger partial charge in [0.2, 0.25) is 0 Å². The molecular formula is C20H15FN4O2S2. The molecule has 6 nitrogen and oxygen atoms in total. The van der Waals surface area contributed by atoms with Crippen molar-refractivity contribution in [3.8, 4) is 10.4 Å². The first-order chi connectivity index (χ1) is 13.8. The molecule has 9 heteroatoms. The van der Waals surface area contributed by atoms with E-state index in [9.17, 15) is 12.8 Å². The predicted molar refractivity (Wildman–Crippen MR) is 111 cm³/mol. The molecule has 0 unspecified atom stereocenters. The molecule has 0 bridgehead atoms. The van der Waals surface area contributed by atoms with Gasteiger partial charge in [0.05, 0.1) is 11.1 Å². The first-order valence-corrected chi connectivity index (χ1v) is 11.0. The highest BCUT2D eigenvalue weighted by Crippen LogP contribution is 2.36. The van der Waals surface area contributed by atoms with Crippen molar-refractivity contribution in [2.45, 2.75) is 11.8 Å². The lowest BCUT2D eigenvalue weighted by Gasteiger charge is -2.05. The summed E-state index contributed by atoms with van der Waals surface area (Å²) in [6, 6.07) is 11.7. The van der Waals surface area contributed by atoms with E-state index in [1.165, 1.54) is 23.6 Å². The third-order valence-electron chi connectivity index (χ3n) is 4.72. The van der Waals surface area contributed by atoms with Crippen LogP contribution in [0.5, 0.6) is 0 Å². The molecule has 146 valence electrons. The molecule has 0 aliphatic carbocycles. The van der Waals surface area contributed by atoms with Crippen LogP contribution < -0.4 is 0 Å². The minimum Gasteiger partial charge on any atom is -0.274 e. The van der Waals surface area contributed by atoms with Gasteiger partial charge >= 0.3 is 0 Å². The zero-order chi connectivity index (χ0) is 20.3. The van der Waals surface area contributed by atoms with Crippen LogP contribution in [0.15, 0.2) is 59.8 Å². The minimum atomic E-state index is -3.82. The molecule has 0 amide bonds. The number of hydrogen-bond acceptors (Lipinski definition) is 5. The van der Waals surface area contributed by atoms with Gasteiger partial charge in [-0.2, -0.15) is 18.6 Å². The molecule has 0 aliphatic rings. The Labute approximate surface area is 169 Å². The Balaban J connectivity index is 1.64. The Hall–Kier alpha value is -3.04. The van der Waals surface area contributed by atoms with Crippen molar-refractivity contribution in [1.29, 1.82) is 0 Å². The molecule has 3 heterocycles. The van der Waals surface area contributed by atoms with Crippen molar-refractivity contribution in [1.82, 2.24) is 19.0 Å². The fourth-order valence-electron chi connectivity index (χ4n) is 3.28. The second-order valence-corrected chi connectivity index (χ2v) is 9.67. The number of nitrogens with zero attached hydrogens (tertiary/aromatic N) is 4. The van der Waals surface area contributed by atoms with Crippen molar-refractivity contribution in [2.24, 2.45) is 7.05 Å². The van der Waals surface area contributed by atoms with Gasteiger partial charge in [-0.05, 0) is 42.8 Å². The molecular weight excluding hydrogens is 411 g/mol. The highest BCUT2D eigenvalue weighted by Gasteiger charge is 2.22. The van der Waals surface area contributed by atoms with E-state index in [1.54, 1.807) is 42.2 Å².